The number of nitrogens with zero attached hydrogens (tertiary/aromatic N) is 3. The third-order valence-electron chi connectivity index (χ3n) is 4.34. The Labute approximate surface area is 137 Å². The maximum Gasteiger partial charge on any atom is 0.147 e. The zero-order chi connectivity index (χ0) is 16.6. The highest BCUT2D eigenvalue weighted by molar-refractivity contribution is 5.98. The Morgan fingerprint density at radius 1 is 1.30 bits per heavy atom. The Kier molecular flexibility index (Phi) is 4.15. The van der Waals surface area contributed by atoms with Crippen molar-refractivity contribution in [1.82, 2.24) is 9.55 Å². The Bertz CT molecular complexity index is 676. The van der Waals surface area contributed by atoms with E-state index in [9.17, 15) is 5.11 Å². The predicted molar refractivity (Wildman–Crippen MR) is 92.7 cm³/mol. The van der Waals surface area contributed by atoms with E-state index in [0.29, 0.717) is 12.4 Å². The van der Waals surface area contributed by atoms with E-state index in [2.05, 4.69) is 34.7 Å². The Morgan fingerprint density at radius 2 is 2.04 bits per heavy atom. The number of aliphatic imine (C=N–C) groups is 1. The van der Waals surface area contributed by atoms with Gasteiger partial charge in [0.05, 0.1) is 23.9 Å². The molecule has 5 nitrogen and oxygen atoms in total. The summed E-state index contributed by atoms with van der Waals surface area (Å²) in [7, 11) is 0. The van der Waals surface area contributed by atoms with Gasteiger partial charge in [-0.2, -0.15) is 0 Å². The first kappa shape index (κ1) is 16.0. The van der Waals surface area contributed by atoms with Crippen molar-refractivity contribution in [3.63, 3.8) is 0 Å². The predicted octanol–water partition coefficient (Wildman–Crippen LogP) is 2.29. The van der Waals surface area contributed by atoms with Gasteiger partial charge >= 0.3 is 0 Å². The highest BCUT2D eigenvalue weighted by Gasteiger charge is 2.35. The normalized spacial score (nSPS) is 22.7. The van der Waals surface area contributed by atoms with E-state index >= 15 is 0 Å². The van der Waals surface area contributed by atoms with Crippen molar-refractivity contribution in [3.05, 3.63) is 41.5 Å². The molecule has 0 amide bonds. The van der Waals surface area contributed by atoms with Gasteiger partial charge in [0.25, 0.3) is 0 Å². The number of aliphatic hydroxyl groups is 1. The summed E-state index contributed by atoms with van der Waals surface area (Å²) in [6, 6.07) is 0.0313. The molecule has 0 bridgehead atoms. The lowest BCUT2D eigenvalue weighted by Crippen LogP contribution is -2.33. The first-order chi connectivity index (χ1) is 10.9. The van der Waals surface area contributed by atoms with Crippen LogP contribution in [0.5, 0.6) is 0 Å². The summed E-state index contributed by atoms with van der Waals surface area (Å²) in [5.74, 6) is 1.65. The fourth-order valence-electron chi connectivity index (χ4n) is 3.32. The highest BCUT2D eigenvalue weighted by atomic mass is 16.3. The quantitative estimate of drug-likeness (QED) is 0.875. The summed E-state index contributed by atoms with van der Waals surface area (Å²) in [4.78, 5) is 9.38. The molecule has 2 heterocycles. The van der Waals surface area contributed by atoms with E-state index in [0.717, 1.165) is 36.5 Å². The van der Waals surface area contributed by atoms with Crippen molar-refractivity contribution < 1.29 is 5.11 Å². The van der Waals surface area contributed by atoms with E-state index in [-0.39, 0.29) is 12.0 Å². The molecule has 0 saturated carbocycles. The van der Waals surface area contributed by atoms with Gasteiger partial charge < -0.3 is 15.4 Å². The third-order valence-corrected chi connectivity index (χ3v) is 4.34. The number of allylic oxidation sites excluding steroid dienone is 2. The highest BCUT2D eigenvalue weighted by Crippen LogP contribution is 2.35. The molecule has 3 rings (SSSR count). The smallest absolute Gasteiger partial charge is 0.147 e. The molecule has 1 aromatic heterocycles. The van der Waals surface area contributed by atoms with Crippen LogP contribution in [0.15, 0.2) is 29.3 Å². The van der Waals surface area contributed by atoms with Crippen LogP contribution >= 0.6 is 0 Å². The Hall–Kier alpha value is -1.88. The molecular weight excluding hydrogens is 288 g/mol. The molecule has 0 fully saturated rings. The number of aromatic nitrogens is 2. The lowest BCUT2D eigenvalue weighted by Gasteiger charge is -2.29. The van der Waals surface area contributed by atoms with Crippen molar-refractivity contribution in [3.8, 4) is 0 Å². The number of hydrogen-bond donors (Lipinski definition) is 2. The molecule has 3 N–H and O–H groups in total. The number of nitrogens with two attached hydrogens (primary N) is 1. The van der Waals surface area contributed by atoms with Gasteiger partial charge in [0.2, 0.25) is 0 Å². The van der Waals surface area contributed by atoms with Crippen LogP contribution < -0.4 is 5.73 Å². The Balaban J connectivity index is 2.11. The molecule has 23 heavy (non-hydrogen) atoms. The first-order valence-corrected chi connectivity index (χ1v) is 8.41. The maximum absolute atomic E-state index is 10.4. The second-order valence-electron chi connectivity index (χ2n) is 7.06. The van der Waals surface area contributed by atoms with Gasteiger partial charge in [-0.3, -0.25) is 4.99 Å². The van der Waals surface area contributed by atoms with E-state index in [4.69, 9.17) is 10.7 Å². The van der Waals surface area contributed by atoms with Gasteiger partial charge in [-0.15, -0.1) is 0 Å². The van der Waals surface area contributed by atoms with Crippen LogP contribution in [-0.2, 0) is 13.0 Å². The minimum atomic E-state index is -0.803. The van der Waals surface area contributed by atoms with Crippen LogP contribution in [0, 0.1) is 0 Å². The minimum Gasteiger partial charge on any atom is -0.389 e. The number of amidine groups is 1. The molecule has 124 valence electrons. The molecule has 2 atom stereocenters. The lowest BCUT2D eigenvalue weighted by atomic mass is 9.88. The van der Waals surface area contributed by atoms with Crippen molar-refractivity contribution in [2.45, 2.75) is 64.1 Å². The number of rotatable bonds is 5. The van der Waals surface area contributed by atoms with Crippen molar-refractivity contribution >= 4 is 5.84 Å². The maximum atomic E-state index is 10.4. The molecule has 1 aliphatic carbocycles. The first-order valence-electron chi connectivity index (χ1n) is 8.41. The van der Waals surface area contributed by atoms with Crippen LogP contribution in [0.3, 0.4) is 0 Å². The monoisotopic (exact) mass is 314 g/mol. The minimum absolute atomic E-state index is 0.0313. The number of fused-ring (bicyclic) bond motifs is 3. The van der Waals surface area contributed by atoms with E-state index in [1.807, 2.05) is 19.9 Å². The van der Waals surface area contributed by atoms with E-state index in [1.165, 1.54) is 0 Å². The van der Waals surface area contributed by atoms with Gasteiger partial charge in [0.1, 0.15) is 17.4 Å². The zero-order valence-corrected chi connectivity index (χ0v) is 14.2. The number of hydrogen-bond acceptors (Lipinski definition) is 4. The van der Waals surface area contributed by atoms with E-state index in [1.54, 1.807) is 0 Å². The van der Waals surface area contributed by atoms with Crippen LogP contribution in [-0.4, -0.2) is 32.1 Å². The summed E-state index contributed by atoms with van der Waals surface area (Å²) in [5.41, 5.74) is 7.27. The van der Waals surface area contributed by atoms with Gasteiger partial charge in [0.15, 0.2) is 0 Å². The van der Waals surface area contributed by atoms with Gasteiger partial charge in [0, 0.05) is 12.3 Å². The molecular formula is C18H26N4O. The van der Waals surface area contributed by atoms with Gasteiger partial charge in [-0.1, -0.05) is 37.6 Å². The Morgan fingerprint density at radius 3 is 2.74 bits per heavy atom. The van der Waals surface area contributed by atoms with Crippen molar-refractivity contribution in [1.29, 1.82) is 0 Å². The SMILES string of the molecule is CCCCc1nc2c(n1CC(C)(C)O)C1C=CC=CC1N=C2N. The summed E-state index contributed by atoms with van der Waals surface area (Å²) in [6.07, 6.45) is 11.4. The fourth-order valence-corrected chi connectivity index (χ4v) is 3.32. The fraction of sp³-hybridized carbons (Fsp3) is 0.556. The van der Waals surface area contributed by atoms with Crippen LogP contribution in [0.2, 0.25) is 0 Å². The van der Waals surface area contributed by atoms with Gasteiger partial charge in [-0.05, 0) is 20.3 Å². The zero-order valence-electron chi connectivity index (χ0n) is 14.2. The summed E-state index contributed by atoms with van der Waals surface area (Å²) >= 11 is 0. The average Bonchev–Trinajstić information content (AvgIpc) is 2.83. The molecule has 0 aromatic carbocycles. The second-order valence-corrected chi connectivity index (χ2v) is 7.06. The summed E-state index contributed by atoms with van der Waals surface area (Å²) in [6.45, 7) is 6.35. The van der Waals surface area contributed by atoms with Crippen LogP contribution in [0.25, 0.3) is 0 Å². The average molecular weight is 314 g/mol. The number of unbranched alkanes of at least 4 members (excludes halogenated alkanes) is 1. The van der Waals surface area contributed by atoms with Crippen molar-refractivity contribution in [2.75, 3.05) is 0 Å². The number of aryl methyl sites for hydroxylation is 1. The topological polar surface area (TPSA) is 76.4 Å². The molecule has 0 saturated heterocycles. The van der Waals surface area contributed by atoms with E-state index < -0.39 is 5.60 Å². The molecule has 0 spiro atoms. The van der Waals surface area contributed by atoms with Crippen molar-refractivity contribution in [2.24, 2.45) is 10.7 Å². The number of imidazole rings is 1. The standard InChI is InChI=1S/C18H26N4O/c1-4-5-10-14-21-15-16(22(14)11-18(2,3)23)12-8-6-7-9-13(12)20-17(15)19/h6-9,12-13,23H,4-5,10-11H2,1-3H3,(H2,19,20). The molecule has 1 aliphatic heterocycles. The largest absolute Gasteiger partial charge is 0.389 e. The lowest BCUT2D eigenvalue weighted by molar-refractivity contribution is 0.0595. The summed E-state index contributed by atoms with van der Waals surface area (Å²) < 4.78 is 2.17. The van der Waals surface area contributed by atoms with Crippen LogP contribution in [0.4, 0.5) is 0 Å². The second kappa shape index (κ2) is 5.96. The molecule has 5 heteroatoms. The third kappa shape index (κ3) is 3.11. The van der Waals surface area contributed by atoms with Gasteiger partial charge in [-0.25, -0.2) is 4.98 Å². The molecule has 0 radical (unpaired) electrons. The molecule has 1 aromatic rings. The molecule has 2 aliphatic rings. The molecule has 2 unspecified atom stereocenters. The summed E-state index contributed by atoms with van der Waals surface area (Å²) in [5, 5.41) is 10.4. The van der Waals surface area contributed by atoms with Crippen LogP contribution in [0.1, 0.15) is 56.7 Å².